The third-order valence-electron chi connectivity index (χ3n) is 11.4. The molecular formula is C51H33N5O. The summed E-state index contributed by atoms with van der Waals surface area (Å²) < 4.78 is 11.0. The first kappa shape index (κ1) is 31.6. The molecule has 57 heavy (non-hydrogen) atoms. The molecule has 0 amide bonds. The first-order valence-corrected chi connectivity index (χ1v) is 19.3. The van der Waals surface area contributed by atoms with Crippen molar-refractivity contribution in [1.29, 1.82) is 0 Å². The number of furan rings is 1. The van der Waals surface area contributed by atoms with E-state index < -0.39 is 6.29 Å². The largest absolute Gasteiger partial charge is 0.456 e. The van der Waals surface area contributed by atoms with Gasteiger partial charge in [0.15, 0.2) is 5.84 Å². The summed E-state index contributed by atoms with van der Waals surface area (Å²) >= 11 is 0. The Hall–Kier alpha value is -7.70. The van der Waals surface area contributed by atoms with Crippen LogP contribution >= 0.6 is 0 Å². The van der Waals surface area contributed by atoms with E-state index in [1.807, 2.05) is 48.5 Å². The Kier molecular flexibility index (Phi) is 6.89. The topological polar surface area (TPSA) is 59.8 Å². The summed E-state index contributed by atoms with van der Waals surface area (Å²) in [5.41, 5.74) is 11.7. The molecule has 0 fully saturated rings. The Labute approximate surface area is 327 Å². The molecule has 1 aliphatic rings. The van der Waals surface area contributed by atoms with Crippen LogP contribution in [0.1, 0.15) is 17.4 Å². The van der Waals surface area contributed by atoms with Crippen LogP contribution in [0.3, 0.4) is 0 Å². The van der Waals surface area contributed by atoms with Crippen molar-refractivity contribution in [3.63, 3.8) is 0 Å². The third-order valence-corrected chi connectivity index (χ3v) is 11.4. The molecule has 1 atom stereocenters. The van der Waals surface area contributed by atoms with E-state index in [1.165, 1.54) is 16.2 Å². The lowest BCUT2D eigenvalue weighted by Gasteiger charge is -2.25. The van der Waals surface area contributed by atoms with Crippen LogP contribution in [0.2, 0.25) is 0 Å². The van der Waals surface area contributed by atoms with Gasteiger partial charge in [-0.1, -0.05) is 140 Å². The summed E-state index contributed by atoms with van der Waals surface area (Å²) in [6.07, 6.45) is -0.456. The van der Waals surface area contributed by atoms with E-state index in [0.717, 1.165) is 83.2 Å². The fourth-order valence-electron chi connectivity index (χ4n) is 8.83. The van der Waals surface area contributed by atoms with Crippen LogP contribution in [-0.4, -0.2) is 20.8 Å². The maximum atomic E-state index is 6.18. The second kappa shape index (κ2) is 12.4. The number of rotatable bonds is 5. The van der Waals surface area contributed by atoms with Gasteiger partial charge in [-0.2, -0.15) is 0 Å². The Morgan fingerprint density at radius 1 is 0.456 bits per heavy atom. The van der Waals surface area contributed by atoms with Crippen molar-refractivity contribution < 1.29 is 4.42 Å². The number of para-hydroxylation sites is 3. The molecule has 268 valence electrons. The van der Waals surface area contributed by atoms with Gasteiger partial charge in [0.25, 0.3) is 0 Å². The zero-order valence-corrected chi connectivity index (χ0v) is 30.7. The Morgan fingerprint density at radius 2 is 1.12 bits per heavy atom. The number of aromatic nitrogens is 2. The summed E-state index contributed by atoms with van der Waals surface area (Å²) in [6, 6.07) is 66.2. The molecule has 1 N–H and O–H groups in total. The Balaban J connectivity index is 1.10. The molecule has 3 aromatic heterocycles. The molecule has 0 radical (unpaired) electrons. The average molecular weight is 732 g/mol. The molecule has 1 unspecified atom stereocenters. The maximum absolute atomic E-state index is 6.18. The maximum Gasteiger partial charge on any atom is 0.204 e. The minimum absolute atomic E-state index is 0.456. The predicted octanol–water partition coefficient (Wildman–Crippen LogP) is 12.4. The monoisotopic (exact) mass is 731 g/mol. The van der Waals surface area contributed by atoms with Crippen LogP contribution in [0.15, 0.2) is 202 Å². The molecular weight excluding hydrogens is 699 g/mol. The normalized spacial score (nSPS) is 14.5. The summed E-state index contributed by atoms with van der Waals surface area (Å²) in [6.45, 7) is 0. The minimum atomic E-state index is -0.456. The van der Waals surface area contributed by atoms with Crippen LogP contribution in [0.25, 0.3) is 82.4 Å². The van der Waals surface area contributed by atoms with E-state index >= 15 is 0 Å². The van der Waals surface area contributed by atoms with Gasteiger partial charge in [-0.15, -0.1) is 0 Å². The molecule has 12 rings (SSSR count). The van der Waals surface area contributed by atoms with Crippen molar-refractivity contribution in [2.75, 3.05) is 0 Å². The van der Waals surface area contributed by atoms with Gasteiger partial charge in [0.05, 0.1) is 22.1 Å². The minimum Gasteiger partial charge on any atom is -0.456 e. The first-order valence-electron chi connectivity index (χ1n) is 19.3. The zero-order valence-electron chi connectivity index (χ0n) is 30.7. The number of nitrogens with zero attached hydrogens (tertiary/aromatic N) is 4. The molecule has 8 aromatic carbocycles. The summed E-state index contributed by atoms with van der Waals surface area (Å²) in [7, 11) is 0. The highest BCUT2D eigenvalue weighted by atomic mass is 16.3. The average Bonchev–Trinajstić information content (AvgIpc) is 3.94. The van der Waals surface area contributed by atoms with E-state index in [9.17, 15) is 0 Å². The van der Waals surface area contributed by atoms with E-state index in [0.29, 0.717) is 5.84 Å². The van der Waals surface area contributed by atoms with Crippen molar-refractivity contribution in [3.8, 4) is 16.8 Å². The van der Waals surface area contributed by atoms with Crippen LogP contribution in [0.5, 0.6) is 0 Å². The summed E-state index contributed by atoms with van der Waals surface area (Å²) in [4.78, 5) is 10.4. The van der Waals surface area contributed by atoms with Crippen molar-refractivity contribution in [2.45, 2.75) is 6.29 Å². The smallest absolute Gasteiger partial charge is 0.204 e. The molecule has 11 aromatic rings. The van der Waals surface area contributed by atoms with E-state index in [2.05, 4.69) is 154 Å². The van der Waals surface area contributed by atoms with Gasteiger partial charge in [-0.3, -0.25) is 0 Å². The highest BCUT2D eigenvalue weighted by Crippen LogP contribution is 2.43. The van der Waals surface area contributed by atoms with E-state index in [-0.39, 0.29) is 0 Å². The predicted molar refractivity (Wildman–Crippen MR) is 235 cm³/mol. The van der Waals surface area contributed by atoms with Gasteiger partial charge in [0.1, 0.15) is 17.0 Å². The number of fused-ring (bicyclic) bond motifs is 10. The van der Waals surface area contributed by atoms with Crippen molar-refractivity contribution in [2.24, 2.45) is 9.98 Å². The lowest BCUT2D eigenvalue weighted by atomic mass is 10.0. The summed E-state index contributed by atoms with van der Waals surface area (Å²) in [5, 5.41) is 10.7. The molecule has 1 aliphatic heterocycles. The number of hydrogen-bond acceptors (Lipinski definition) is 4. The molecule has 6 heteroatoms. The van der Waals surface area contributed by atoms with Crippen LogP contribution in [0.4, 0.5) is 0 Å². The number of aliphatic imine (C=N–C) groups is 2. The zero-order chi connectivity index (χ0) is 37.5. The second-order valence-corrected chi connectivity index (χ2v) is 14.6. The van der Waals surface area contributed by atoms with Crippen LogP contribution in [0, 0.1) is 0 Å². The second-order valence-electron chi connectivity index (χ2n) is 14.6. The molecule has 0 saturated heterocycles. The molecule has 0 aliphatic carbocycles. The number of amidine groups is 2. The molecule has 0 bridgehead atoms. The number of benzene rings is 8. The van der Waals surface area contributed by atoms with Crippen molar-refractivity contribution >= 4 is 77.2 Å². The van der Waals surface area contributed by atoms with Crippen molar-refractivity contribution in [3.05, 3.63) is 199 Å². The third kappa shape index (κ3) is 4.90. The molecule has 6 nitrogen and oxygen atoms in total. The van der Waals surface area contributed by atoms with Crippen LogP contribution < -0.4 is 5.32 Å². The molecule has 4 heterocycles. The number of nitrogens with one attached hydrogen (secondary N) is 1. The van der Waals surface area contributed by atoms with Gasteiger partial charge in [-0.25, -0.2) is 9.98 Å². The van der Waals surface area contributed by atoms with Gasteiger partial charge in [0, 0.05) is 49.1 Å². The summed E-state index contributed by atoms with van der Waals surface area (Å²) in [5.74, 6) is 1.48. The molecule has 0 spiro atoms. The lowest BCUT2D eigenvalue weighted by molar-refractivity contribution is 0.516. The quantitative estimate of drug-likeness (QED) is 0.192. The SMILES string of the molecule is c1ccc(C2=NC(n3c4ccccc4c4c5c(ccc43)c3ccccc3n5-c3cccc(-c4ccc5oc6ccccc6c5c4)c3)NC(c3ccccc3)=N2)cc1. The fourth-order valence-corrected chi connectivity index (χ4v) is 8.83. The Morgan fingerprint density at radius 3 is 1.96 bits per heavy atom. The standard InChI is InChI=1S/C51H33N5O/c1-3-14-32(15-4-1)49-52-50(33-16-5-2-6-17-33)54-51(53-49)56-43-24-11-8-22-40(43)47-44(56)28-27-39-37-20-7-10-23-42(37)55(48(39)47)36-19-13-18-34(30-36)35-26-29-46-41(31-35)38-21-9-12-25-45(38)57-46/h1-31,51H,(H,52,53,54). The van der Waals surface area contributed by atoms with Gasteiger partial charge >= 0.3 is 0 Å². The fraction of sp³-hybridized carbons (Fsp3) is 0.0196. The molecule has 0 saturated carbocycles. The van der Waals surface area contributed by atoms with Gasteiger partial charge in [-0.05, 0) is 59.7 Å². The van der Waals surface area contributed by atoms with Crippen LogP contribution in [-0.2, 0) is 0 Å². The van der Waals surface area contributed by atoms with Gasteiger partial charge < -0.3 is 18.9 Å². The Bertz CT molecular complexity index is 3440. The van der Waals surface area contributed by atoms with E-state index in [4.69, 9.17) is 14.4 Å². The first-order chi connectivity index (χ1) is 28.3. The van der Waals surface area contributed by atoms with Crippen molar-refractivity contribution in [1.82, 2.24) is 14.5 Å². The highest BCUT2D eigenvalue weighted by molar-refractivity contribution is 6.26. The highest BCUT2D eigenvalue weighted by Gasteiger charge is 2.27. The van der Waals surface area contributed by atoms with Gasteiger partial charge in [0.2, 0.25) is 6.29 Å². The number of hydrogen-bond donors (Lipinski definition) is 1. The lowest BCUT2D eigenvalue weighted by Crippen LogP contribution is -2.36. The van der Waals surface area contributed by atoms with E-state index in [1.54, 1.807) is 0 Å².